The molecular weight excluding hydrogens is 280 g/mol. The van der Waals surface area contributed by atoms with Crippen molar-refractivity contribution in [3.63, 3.8) is 0 Å². The molecule has 1 aliphatic rings. The molecule has 21 heavy (non-hydrogen) atoms. The van der Waals surface area contributed by atoms with Crippen molar-refractivity contribution in [1.29, 1.82) is 0 Å². The first-order valence-corrected chi connectivity index (χ1v) is 8.92. The molecule has 1 aliphatic heterocycles. The van der Waals surface area contributed by atoms with Crippen molar-refractivity contribution >= 4 is 17.2 Å². The topological polar surface area (TPSA) is 46.3 Å². The fourth-order valence-corrected chi connectivity index (χ4v) is 4.17. The molecule has 0 bridgehead atoms. The van der Waals surface area contributed by atoms with E-state index in [1.165, 1.54) is 10.4 Å². The van der Waals surface area contributed by atoms with E-state index in [-0.39, 0.29) is 11.5 Å². The van der Waals surface area contributed by atoms with E-state index in [1.807, 2.05) is 11.3 Å². The molecule has 1 aromatic heterocycles. The summed E-state index contributed by atoms with van der Waals surface area (Å²) < 4.78 is 0. The van der Waals surface area contributed by atoms with Crippen LogP contribution in [0.5, 0.6) is 0 Å². The lowest BCUT2D eigenvalue weighted by Gasteiger charge is -2.36. The smallest absolute Gasteiger partial charge is 0.223 e. The Labute approximate surface area is 132 Å². The van der Waals surface area contributed by atoms with Crippen LogP contribution in [0, 0.1) is 5.41 Å². The zero-order chi connectivity index (χ0) is 15.5. The fourth-order valence-electron chi connectivity index (χ4n) is 3.24. The molecule has 1 atom stereocenters. The van der Waals surface area contributed by atoms with E-state index >= 15 is 0 Å². The van der Waals surface area contributed by atoms with Crippen LogP contribution in [0.25, 0.3) is 0 Å². The number of amides is 1. The number of rotatable bonds is 6. The Morgan fingerprint density at radius 3 is 2.90 bits per heavy atom. The predicted octanol–water partition coefficient (Wildman–Crippen LogP) is 3.74. The number of hydrogen-bond acceptors (Lipinski definition) is 3. The van der Waals surface area contributed by atoms with Crippen molar-refractivity contribution in [1.82, 2.24) is 4.90 Å². The van der Waals surface area contributed by atoms with Gasteiger partial charge in [-0.3, -0.25) is 4.79 Å². The van der Waals surface area contributed by atoms with E-state index in [4.69, 9.17) is 5.73 Å². The van der Waals surface area contributed by atoms with Gasteiger partial charge in [-0.25, -0.2) is 0 Å². The van der Waals surface area contributed by atoms with E-state index in [2.05, 4.69) is 37.1 Å². The van der Waals surface area contributed by atoms with E-state index in [1.54, 1.807) is 0 Å². The second kappa shape index (κ2) is 6.93. The molecule has 0 fully saturated rings. The standard InChI is InChI=1S/C17H28N2OS/c1-4-14-13-7-12-21-15(13)6-11-19(14)16(20)5-8-17(2,3)9-10-18/h7,12,14H,4-6,8-11,18H2,1-3H3. The molecule has 0 aliphatic carbocycles. The highest BCUT2D eigenvalue weighted by atomic mass is 32.1. The van der Waals surface area contributed by atoms with Crippen LogP contribution in [0.2, 0.25) is 0 Å². The lowest BCUT2D eigenvalue weighted by Crippen LogP contribution is -2.39. The predicted molar refractivity (Wildman–Crippen MR) is 89.5 cm³/mol. The quantitative estimate of drug-likeness (QED) is 0.870. The maximum atomic E-state index is 12.6. The van der Waals surface area contributed by atoms with Gasteiger partial charge in [0.2, 0.25) is 5.91 Å². The van der Waals surface area contributed by atoms with Crippen LogP contribution in [0.1, 0.15) is 62.9 Å². The maximum absolute atomic E-state index is 12.6. The molecule has 0 saturated carbocycles. The molecule has 4 heteroatoms. The molecular formula is C17H28N2OS. The normalized spacial score (nSPS) is 18.7. The average Bonchev–Trinajstić information content (AvgIpc) is 2.92. The van der Waals surface area contributed by atoms with Crippen LogP contribution in [0.15, 0.2) is 11.4 Å². The molecule has 1 unspecified atom stereocenters. The lowest BCUT2D eigenvalue weighted by atomic mass is 9.84. The van der Waals surface area contributed by atoms with E-state index < -0.39 is 0 Å². The van der Waals surface area contributed by atoms with Gasteiger partial charge in [0.1, 0.15) is 0 Å². The highest BCUT2D eigenvalue weighted by molar-refractivity contribution is 7.10. The van der Waals surface area contributed by atoms with E-state index in [0.29, 0.717) is 18.9 Å². The zero-order valence-electron chi connectivity index (χ0n) is 13.5. The molecule has 0 aromatic carbocycles. The number of nitrogens with two attached hydrogens (primary N) is 1. The van der Waals surface area contributed by atoms with Crippen LogP contribution in [-0.4, -0.2) is 23.9 Å². The highest BCUT2D eigenvalue weighted by Crippen LogP contribution is 2.36. The van der Waals surface area contributed by atoms with Crippen molar-refractivity contribution in [2.75, 3.05) is 13.1 Å². The third kappa shape index (κ3) is 3.86. The third-order valence-corrected chi connectivity index (χ3v) is 5.64. The van der Waals surface area contributed by atoms with Crippen molar-refractivity contribution in [3.8, 4) is 0 Å². The third-order valence-electron chi connectivity index (χ3n) is 4.64. The van der Waals surface area contributed by atoms with E-state index in [0.717, 1.165) is 32.2 Å². The Kier molecular flexibility index (Phi) is 5.44. The molecule has 3 nitrogen and oxygen atoms in total. The second-order valence-corrected chi connectivity index (χ2v) is 7.76. The summed E-state index contributed by atoms with van der Waals surface area (Å²) in [6.45, 7) is 8.16. The molecule has 2 rings (SSSR count). The monoisotopic (exact) mass is 308 g/mol. The van der Waals surface area contributed by atoms with Gasteiger partial charge in [0.05, 0.1) is 6.04 Å². The minimum atomic E-state index is 0.162. The molecule has 1 aromatic rings. The summed E-state index contributed by atoms with van der Waals surface area (Å²) in [5.41, 5.74) is 7.19. The SMILES string of the molecule is CCC1c2ccsc2CCN1C(=O)CCC(C)(C)CCN. The summed E-state index contributed by atoms with van der Waals surface area (Å²) in [4.78, 5) is 16.2. The summed E-state index contributed by atoms with van der Waals surface area (Å²) in [7, 11) is 0. The average molecular weight is 308 g/mol. The zero-order valence-corrected chi connectivity index (χ0v) is 14.3. The number of nitrogens with zero attached hydrogens (tertiary/aromatic N) is 1. The molecule has 1 amide bonds. The fraction of sp³-hybridized carbons (Fsp3) is 0.706. The summed E-state index contributed by atoms with van der Waals surface area (Å²) in [6.07, 6.45) is 4.56. The van der Waals surface area contributed by atoms with Crippen LogP contribution in [-0.2, 0) is 11.2 Å². The first kappa shape index (κ1) is 16.5. The van der Waals surface area contributed by atoms with Crippen LogP contribution in [0.4, 0.5) is 0 Å². The Morgan fingerprint density at radius 1 is 1.48 bits per heavy atom. The molecule has 2 N–H and O–H groups in total. The molecule has 0 spiro atoms. The summed E-state index contributed by atoms with van der Waals surface area (Å²) in [5.74, 6) is 0.309. The van der Waals surface area contributed by atoms with Gasteiger partial charge in [-0.15, -0.1) is 11.3 Å². The Bertz CT molecular complexity index is 481. The highest BCUT2D eigenvalue weighted by Gasteiger charge is 2.30. The van der Waals surface area contributed by atoms with Crippen LogP contribution < -0.4 is 5.73 Å². The molecule has 0 radical (unpaired) electrons. The lowest BCUT2D eigenvalue weighted by molar-refractivity contribution is -0.134. The van der Waals surface area contributed by atoms with Gasteiger partial charge in [-0.2, -0.15) is 0 Å². The van der Waals surface area contributed by atoms with Gasteiger partial charge in [-0.1, -0.05) is 20.8 Å². The van der Waals surface area contributed by atoms with Crippen LogP contribution >= 0.6 is 11.3 Å². The number of fused-ring (bicyclic) bond motifs is 1. The van der Waals surface area contributed by atoms with Gasteiger partial charge in [-0.05, 0) is 54.7 Å². The maximum Gasteiger partial charge on any atom is 0.223 e. The number of hydrogen-bond donors (Lipinski definition) is 1. The largest absolute Gasteiger partial charge is 0.335 e. The van der Waals surface area contributed by atoms with Crippen molar-refractivity contribution in [2.24, 2.45) is 11.1 Å². The van der Waals surface area contributed by atoms with Crippen molar-refractivity contribution < 1.29 is 4.79 Å². The Morgan fingerprint density at radius 2 is 2.24 bits per heavy atom. The van der Waals surface area contributed by atoms with Gasteiger partial charge in [0.25, 0.3) is 0 Å². The molecule has 118 valence electrons. The van der Waals surface area contributed by atoms with E-state index in [9.17, 15) is 4.79 Å². The van der Waals surface area contributed by atoms with Gasteiger partial charge in [0.15, 0.2) is 0 Å². The molecule has 0 saturated heterocycles. The Balaban J connectivity index is 2.00. The number of thiophene rings is 1. The minimum absolute atomic E-state index is 0.162. The minimum Gasteiger partial charge on any atom is -0.335 e. The molecule has 2 heterocycles. The number of carbonyl (C=O) groups excluding carboxylic acids is 1. The second-order valence-electron chi connectivity index (χ2n) is 6.76. The summed E-state index contributed by atoms with van der Waals surface area (Å²) >= 11 is 1.83. The van der Waals surface area contributed by atoms with Gasteiger partial charge < -0.3 is 10.6 Å². The Hall–Kier alpha value is -0.870. The first-order valence-electron chi connectivity index (χ1n) is 8.04. The number of carbonyl (C=O) groups is 1. The van der Waals surface area contributed by atoms with Crippen LogP contribution in [0.3, 0.4) is 0 Å². The summed E-state index contributed by atoms with van der Waals surface area (Å²) in [5, 5.41) is 2.16. The van der Waals surface area contributed by atoms with Crippen molar-refractivity contribution in [2.45, 2.75) is 58.9 Å². The van der Waals surface area contributed by atoms with Gasteiger partial charge >= 0.3 is 0 Å². The van der Waals surface area contributed by atoms with Gasteiger partial charge in [0, 0.05) is 17.8 Å². The first-order chi connectivity index (χ1) is 9.98. The van der Waals surface area contributed by atoms with Crippen molar-refractivity contribution in [3.05, 3.63) is 21.9 Å². The summed E-state index contributed by atoms with van der Waals surface area (Å²) in [6, 6.07) is 2.48.